The number of nitrogens with one attached hydrogen (secondary N) is 1. The Labute approximate surface area is 176 Å². The Morgan fingerprint density at radius 2 is 1.87 bits per heavy atom. The summed E-state index contributed by atoms with van der Waals surface area (Å²) in [4.78, 5) is 24.3. The maximum atomic E-state index is 12.3. The summed E-state index contributed by atoms with van der Waals surface area (Å²) < 4.78 is 6.92. The van der Waals surface area contributed by atoms with Gasteiger partial charge in [0.05, 0.1) is 11.9 Å². The van der Waals surface area contributed by atoms with Gasteiger partial charge in [-0.25, -0.2) is 4.68 Å². The number of aromatic nitrogens is 2. The van der Waals surface area contributed by atoms with Crippen molar-refractivity contribution in [3.8, 4) is 5.69 Å². The molecule has 1 N–H and O–H groups in total. The number of carbonyl (C=O) groups excluding carboxylic acids is 2. The van der Waals surface area contributed by atoms with Crippen LogP contribution in [-0.2, 0) is 20.7 Å². The molecule has 0 saturated carbocycles. The predicted molar refractivity (Wildman–Crippen MR) is 117 cm³/mol. The molecule has 6 nitrogen and oxygen atoms in total. The highest BCUT2D eigenvalue weighted by Gasteiger charge is 2.14. The standard InChI is InChI=1S/C24H27N3O3/c1-17(2)21-11-7-8-18(3)24(21)26-22(28)16-30-23(29)13-12-19-14-25-27(15-19)20-9-5-4-6-10-20/h4-11,14-15,17H,12-13,16H2,1-3H3,(H,26,28). The molecule has 0 unspecified atom stereocenters. The molecule has 1 aromatic heterocycles. The minimum Gasteiger partial charge on any atom is -0.456 e. The van der Waals surface area contributed by atoms with Gasteiger partial charge in [0.25, 0.3) is 5.91 Å². The Hall–Kier alpha value is -3.41. The molecular formula is C24H27N3O3. The lowest BCUT2D eigenvalue weighted by Gasteiger charge is -2.16. The lowest BCUT2D eigenvalue weighted by molar-refractivity contribution is -0.147. The highest BCUT2D eigenvalue weighted by Crippen LogP contribution is 2.27. The summed E-state index contributed by atoms with van der Waals surface area (Å²) in [6, 6.07) is 15.7. The van der Waals surface area contributed by atoms with Gasteiger partial charge in [0, 0.05) is 18.3 Å². The zero-order valence-electron chi connectivity index (χ0n) is 17.6. The first-order valence-corrected chi connectivity index (χ1v) is 10.1. The number of hydrogen-bond donors (Lipinski definition) is 1. The molecule has 0 aliphatic rings. The van der Waals surface area contributed by atoms with E-state index >= 15 is 0 Å². The summed E-state index contributed by atoms with van der Waals surface area (Å²) in [7, 11) is 0. The van der Waals surface area contributed by atoms with E-state index in [2.05, 4.69) is 24.3 Å². The van der Waals surface area contributed by atoms with Gasteiger partial charge in [-0.2, -0.15) is 5.10 Å². The van der Waals surface area contributed by atoms with Gasteiger partial charge in [0.2, 0.25) is 0 Å². The molecule has 0 spiro atoms. The zero-order chi connectivity index (χ0) is 21.5. The molecule has 156 valence electrons. The number of rotatable bonds is 8. The molecule has 0 aliphatic heterocycles. The second kappa shape index (κ2) is 9.87. The fraction of sp³-hybridized carbons (Fsp3) is 0.292. The maximum Gasteiger partial charge on any atom is 0.306 e. The number of benzene rings is 2. The SMILES string of the molecule is Cc1cccc(C(C)C)c1NC(=O)COC(=O)CCc1cnn(-c2ccccc2)c1. The number of anilines is 1. The average Bonchev–Trinajstić information content (AvgIpc) is 3.22. The molecule has 6 heteroatoms. The molecule has 0 aliphatic carbocycles. The van der Waals surface area contributed by atoms with Crippen molar-refractivity contribution in [3.63, 3.8) is 0 Å². The first-order valence-electron chi connectivity index (χ1n) is 10.1. The average molecular weight is 405 g/mol. The second-order valence-electron chi connectivity index (χ2n) is 7.53. The molecule has 0 bridgehead atoms. The van der Waals surface area contributed by atoms with Crippen LogP contribution in [0.25, 0.3) is 5.69 Å². The summed E-state index contributed by atoms with van der Waals surface area (Å²) in [5, 5.41) is 7.20. The van der Waals surface area contributed by atoms with Crippen molar-refractivity contribution in [2.45, 2.75) is 39.5 Å². The van der Waals surface area contributed by atoms with E-state index in [-0.39, 0.29) is 24.9 Å². The molecule has 0 radical (unpaired) electrons. The normalized spacial score (nSPS) is 10.8. The molecule has 1 amide bonds. The van der Waals surface area contributed by atoms with Crippen molar-refractivity contribution >= 4 is 17.6 Å². The molecule has 0 saturated heterocycles. The van der Waals surface area contributed by atoms with Gasteiger partial charge in [-0.05, 0) is 48.1 Å². The summed E-state index contributed by atoms with van der Waals surface area (Å²) in [5.41, 5.74) is 4.73. The van der Waals surface area contributed by atoms with Gasteiger partial charge < -0.3 is 10.1 Å². The van der Waals surface area contributed by atoms with Crippen LogP contribution in [0.15, 0.2) is 60.9 Å². The topological polar surface area (TPSA) is 73.2 Å². The minimum atomic E-state index is -0.411. The van der Waals surface area contributed by atoms with Crippen molar-refractivity contribution in [2.75, 3.05) is 11.9 Å². The van der Waals surface area contributed by atoms with Crippen LogP contribution in [-0.4, -0.2) is 28.3 Å². The molecule has 3 rings (SSSR count). The van der Waals surface area contributed by atoms with Gasteiger partial charge in [0.15, 0.2) is 6.61 Å². The van der Waals surface area contributed by atoms with Crippen LogP contribution in [0, 0.1) is 6.92 Å². The number of amides is 1. The van der Waals surface area contributed by atoms with Gasteiger partial charge in [-0.15, -0.1) is 0 Å². The van der Waals surface area contributed by atoms with Gasteiger partial charge in [-0.1, -0.05) is 50.2 Å². The lowest BCUT2D eigenvalue weighted by Crippen LogP contribution is -2.22. The Morgan fingerprint density at radius 3 is 2.60 bits per heavy atom. The van der Waals surface area contributed by atoms with E-state index in [4.69, 9.17) is 4.74 Å². The number of para-hydroxylation sites is 2. The van der Waals surface area contributed by atoms with Crippen molar-refractivity contribution in [1.29, 1.82) is 0 Å². The number of aryl methyl sites for hydroxylation is 2. The van der Waals surface area contributed by atoms with E-state index in [1.165, 1.54) is 0 Å². The van der Waals surface area contributed by atoms with Crippen molar-refractivity contribution in [1.82, 2.24) is 9.78 Å². The predicted octanol–water partition coefficient (Wildman–Crippen LogP) is 4.42. The third-order valence-corrected chi connectivity index (χ3v) is 4.83. The van der Waals surface area contributed by atoms with Gasteiger partial charge in [-0.3, -0.25) is 9.59 Å². The molecule has 0 fully saturated rings. The van der Waals surface area contributed by atoms with Crippen molar-refractivity contribution in [2.24, 2.45) is 0 Å². The third-order valence-electron chi connectivity index (χ3n) is 4.83. The smallest absolute Gasteiger partial charge is 0.306 e. The Morgan fingerprint density at radius 1 is 1.10 bits per heavy atom. The molecule has 3 aromatic rings. The summed E-state index contributed by atoms with van der Waals surface area (Å²) in [5.74, 6) is -0.470. The van der Waals surface area contributed by atoms with Crippen LogP contribution >= 0.6 is 0 Å². The second-order valence-corrected chi connectivity index (χ2v) is 7.53. The Kier molecular flexibility index (Phi) is 7.01. The van der Waals surface area contributed by atoms with Crippen LogP contribution in [0.3, 0.4) is 0 Å². The van der Waals surface area contributed by atoms with E-state index in [1.807, 2.05) is 61.7 Å². The van der Waals surface area contributed by atoms with Gasteiger partial charge in [0.1, 0.15) is 0 Å². The largest absolute Gasteiger partial charge is 0.456 e. The zero-order valence-corrected chi connectivity index (χ0v) is 17.6. The van der Waals surface area contributed by atoms with E-state index in [9.17, 15) is 9.59 Å². The number of nitrogens with zero attached hydrogens (tertiary/aromatic N) is 2. The number of ether oxygens (including phenoxy) is 1. The van der Waals surface area contributed by atoms with E-state index in [0.717, 1.165) is 28.1 Å². The summed E-state index contributed by atoms with van der Waals surface area (Å²) in [6.07, 6.45) is 4.32. The van der Waals surface area contributed by atoms with Crippen LogP contribution in [0.4, 0.5) is 5.69 Å². The third kappa shape index (κ3) is 5.56. The van der Waals surface area contributed by atoms with E-state index in [1.54, 1.807) is 10.9 Å². The maximum absolute atomic E-state index is 12.3. The van der Waals surface area contributed by atoms with Crippen molar-refractivity contribution < 1.29 is 14.3 Å². The minimum absolute atomic E-state index is 0.190. The Balaban J connectivity index is 1.47. The van der Waals surface area contributed by atoms with Crippen molar-refractivity contribution in [3.05, 3.63) is 77.6 Å². The number of hydrogen-bond acceptors (Lipinski definition) is 4. The highest BCUT2D eigenvalue weighted by atomic mass is 16.5. The van der Waals surface area contributed by atoms with Crippen LogP contribution in [0.5, 0.6) is 0 Å². The van der Waals surface area contributed by atoms with E-state index in [0.29, 0.717) is 6.42 Å². The number of esters is 1. The summed E-state index contributed by atoms with van der Waals surface area (Å²) in [6.45, 7) is 5.80. The van der Waals surface area contributed by atoms with E-state index < -0.39 is 5.97 Å². The summed E-state index contributed by atoms with van der Waals surface area (Å²) >= 11 is 0. The highest BCUT2D eigenvalue weighted by molar-refractivity contribution is 5.94. The molecular weight excluding hydrogens is 378 g/mol. The van der Waals surface area contributed by atoms with Gasteiger partial charge >= 0.3 is 5.97 Å². The van der Waals surface area contributed by atoms with Crippen LogP contribution < -0.4 is 5.32 Å². The first kappa shape index (κ1) is 21.3. The molecule has 2 aromatic carbocycles. The first-order chi connectivity index (χ1) is 14.4. The fourth-order valence-electron chi connectivity index (χ4n) is 3.19. The monoisotopic (exact) mass is 405 g/mol. The lowest BCUT2D eigenvalue weighted by atomic mass is 9.98. The fourth-order valence-corrected chi connectivity index (χ4v) is 3.19. The molecule has 0 atom stereocenters. The number of carbonyl (C=O) groups is 2. The van der Waals surface area contributed by atoms with Crippen LogP contribution in [0.2, 0.25) is 0 Å². The molecule has 1 heterocycles. The quantitative estimate of drug-likeness (QED) is 0.563. The Bertz CT molecular complexity index is 1010. The van der Waals surface area contributed by atoms with Crippen LogP contribution in [0.1, 0.15) is 42.9 Å². The molecule has 30 heavy (non-hydrogen) atoms.